The minimum absolute atomic E-state index is 0.0355. The average Bonchev–Trinajstić information content (AvgIpc) is 2.27. The van der Waals surface area contributed by atoms with Crippen LogP contribution in [-0.2, 0) is 14.3 Å². The first-order valence-corrected chi connectivity index (χ1v) is 6.54. The van der Waals surface area contributed by atoms with Crippen molar-refractivity contribution in [2.45, 2.75) is 58.7 Å². The van der Waals surface area contributed by atoms with Crippen LogP contribution in [0.25, 0.3) is 0 Å². The zero-order chi connectivity index (χ0) is 14.6. The van der Waals surface area contributed by atoms with Gasteiger partial charge in [-0.25, -0.2) is 9.59 Å². The highest BCUT2D eigenvalue weighted by Crippen LogP contribution is 2.26. The largest absolute Gasteiger partial charge is 0.478 e. The van der Waals surface area contributed by atoms with Crippen LogP contribution in [0.15, 0.2) is 11.6 Å². The van der Waals surface area contributed by atoms with Crippen molar-refractivity contribution in [3.05, 3.63) is 11.6 Å². The molecule has 5 heteroatoms. The molecule has 0 aromatic heterocycles. The number of carboxylic acid groups (broad SMARTS) is 1. The summed E-state index contributed by atoms with van der Waals surface area (Å²) in [5.74, 6) is -1.72. The van der Waals surface area contributed by atoms with Gasteiger partial charge in [-0.1, -0.05) is 20.8 Å². The fourth-order valence-electron chi connectivity index (χ4n) is 2.08. The number of aliphatic hydroxyl groups excluding tert-OH is 1. The SMILES string of the molecule is CC(C)(C)C(=CC(=O)OC1CCC(O)CC1)C(=O)O. The van der Waals surface area contributed by atoms with E-state index in [4.69, 9.17) is 9.84 Å². The van der Waals surface area contributed by atoms with E-state index < -0.39 is 17.4 Å². The number of carbonyl (C=O) groups excluding carboxylic acids is 1. The Bertz CT molecular complexity index is 370. The standard InChI is InChI=1S/C14H22O5/c1-14(2,3)11(13(17)18)8-12(16)19-10-6-4-9(15)5-7-10/h8-10,15H,4-7H2,1-3H3,(H,17,18). The Morgan fingerprint density at radius 1 is 1.16 bits per heavy atom. The number of hydrogen-bond donors (Lipinski definition) is 2. The van der Waals surface area contributed by atoms with E-state index in [1.165, 1.54) is 0 Å². The number of ether oxygens (including phenoxy) is 1. The average molecular weight is 270 g/mol. The maximum atomic E-state index is 11.7. The molecule has 0 bridgehead atoms. The fraction of sp³-hybridized carbons (Fsp3) is 0.714. The third-order valence-corrected chi connectivity index (χ3v) is 3.23. The number of aliphatic hydroxyl groups is 1. The number of esters is 1. The van der Waals surface area contributed by atoms with Crippen LogP contribution in [0.3, 0.4) is 0 Å². The van der Waals surface area contributed by atoms with E-state index >= 15 is 0 Å². The third kappa shape index (κ3) is 5.03. The zero-order valence-electron chi connectivity index (χ0n) is 11.7. The van der Waals surface area contributed by atoms with Crippen molar-refractivity contribution in [2.75, 3.05) is 0 Å². The lowest BCUT2D eigenvalue weighted by molar-refractivity contribution is -0.146. The summed E-state index contributed by atoms with van der Waals surface area (Å²) in [5.41, 5.74) is -0.582. The summed E-state index contributed by atoms with van der Waals surface area (Å²) in [6.45, 7) is 5.20. The molecule has 0 aromatic rings. The number of carbonyl (C=O) groups is 2. The van der Waals surface area contributed by atoms with E-state index in [2.05, 4.69) is 0 Å². The van der Waals surface area contributed by atoms with Gasteiger partial charge in [0.1, 0.15) is 6.10 Å². The van der Waals surface area contributed by atoms with Gasteiger partial charge in [-0.05, 0) is 31.1 Å². The molecular formula is C14H22O5. The van der Waals surface area contributed by atoms with Crippen molar-refractivity contribution >= 4 is 11.9 Å². The maximum absolute atomic E-state index is 11.7. The van der Waals surface area contributed by atoms with E-state index in [-0.39, 0.29) is 17.8 Å². The Hall–Kier alpha value is -1.36. The first-order chi connectivity index (χ1) is 8.70. The van der Waals surface area contributed by atoms with Gasteiger partial charge in [0, 0.05) is 11.6 Å². The minimum Gasteiger partial charge on any atom is -0.478 e. The number of rotatable bonds is 3. The van der Waals surface area contributed by atoms with E-state index in [1.807, 2.05) is 0 Å². The van der Waals surface area contributed by atoms with Gasteiger partial charge >= 0.3 is 11.9 Å². The summed E-state index contributed by atoms with van der Waals surface area (Å²) >= 11 is 0. The molecule has 2 N–H and O–H groups in total. The topological polar surface area (TPSA) is 83.8 Å². The lowest BCUT2D eigenvalue weighted by Crippen LogP contribution is -2.27. The molecule has 1 aliphatic rings. The lowest BCUT2D eigenvalue weighted by Gasteiger charge is -2.25. The van der Waals surface area contributed by atoms with Gasteiger partial charge in [0.05, 0.1) is 6.10 Å². The highest BCUT2D eigenvalue weighted by Gasteiger charge is 2.26. The molecule has 1 rings (SSSR count). The summed E-state index contributed by atoms with van der Waals surface area (Å²) in [6, 6.07) is 0. The number of aliphatic carboxylic acids is 1. The normalized spacial score (nSPS) is 24.9. The minimum atomic E-state index is -1.11. The first-order valence-electron chi connectivity index (χ1n) is 6.54. The van der Waals surface area contributed by atoms with Crippen LogP contribution in [0.2, 0.25) is 0 Å². The van der Waals surface area contributed by atoms with Gasteiger partial charge in [-0.2, -0.15) is 0 Å². The third-order valence-electron chi connectivity index (χ3n) is 3.23. The van der Waals surface area contributed by atoms with Gasteiger partial charge in [-0.3, -0.25) is 0 Å². The van der Waals surface area contributed by atoms with Crippen molar-refractivity contribution in [2.24, 2.45) is 5.41 Å². The predicted octanol–water partition coefficient (Wildman–Crippen LogP) is 1.89. The number of hydrogen-bond acceptors (Lipinski definition) is 4. The van der Waals surface area contributed by atoms with Crippen LogP contribution in [0, 0.1) is 5.41 Å². The van der Waals surface area contributed by atoms with Crippen molar-refractivity contribution in [1.29, 1.82) is 0 Å². The van der Waals surface area contributed by atoms with E-state index in [0.717, 1.165) is 6.08 Å². The van der Waals surface area contributed by atoms with Crippen LogP contribution < -0.4 is 0 Å². The van der Waals surface area contributed by atoms with Crippen LogP contribution in [0.5, 0.6) is 0 Å². The van der Waals surface area contributed by atoms with E-state index in [0.29, 0.717) is 25.7 Å². The molecule has 0 aliphatic heterocycles. The highest BCUT2D eigenvalue weighted by molar-refractivity contribution is 5.96. The molecule has 5 nitrogen and oxygen atoms in total. The molecule has 0 atom stereocenters. The molecule has 1 fully saturated rings. The molecule has 0 spiro atoms. The van der Waals surface area contributed by atoms with Crippen LogP contribution in [0.1, 0.15) is 46.5 Å². The Balaban J connectivity index is 2.64. The Morgan fingerprint density at radius 3 is 2.11 bits per heavy atom. The lowest BCUT2D eigenvalue weighted by atomic mass is 9.86. The molecule has 0 heterocycles. The predicted molar refractivity (Wildman–Crippen MR) is 69.5 cm³/mol. The molecule has 108 valence electrons. The van der Waals surface area contributed by atoms with Crippen molar-refractivity contribution < 1.29 is 24.5 Å². The van der Waals surface area contributed by atoms with E-state index in [1.54, 1.807) is 20.8 Å². The Kier molecular flexibility index (Phi) is 5.11. The van der Waals surface area contributed by atoms with Gasteiger partial charge in [0.2, 0.25) is 0 Å². The summed E-state index contributed by atoms with van der Waals surface area (Å²) in [4.78, 5) is 22.8. The Labute approximate surface area is 113 Å². The van der Waals surface area contributed by atoms with Crippen LogP contribution in [-0.4, -0.2) is 34.4 Å². The molecule has 19 heavy (non-hydrogen) atoms. The smallest absolute Gasteiger partial charge is 0.332 e. The molecule has 0 amide bonds. The van der Waals surface area contributed by atoms with Crippen molar-refractivity contribution in [3.63, 3.8) is 0 Å². The summed E-state index contributed by atoms with van der Waals surface area (Å²) < 4.78 is 5.23. The second-order valence-electron chi connectivity index (χ2n) is 5.98. The van der Waals surface area contributed by atoms with Crippen LogP contribution in [0.4, 0.5) is 0 Å². The van der Waals surface area contributed by atoms with Gasteiger partial charge in [0.25, 0.3) is 0 Å². The fourth-order valence-corrected chi connectivity index (χ4v) is 2.08. The van der Waals surface area contributed by atoms with Gasteiger partial charge < -0.3 is 14.9 Å². The zero-order valence-corrected chi connectivity index (χ0v) is 11.7. The maximum Gasteiger partial charge on any atom is 0.332 e. The quantitative estimate of drug-likeness (QED) is 0.604. The molecule has 1 saturated carbocycles. The molecule has 0 unspecified atom stereocenters. The second-order valence-corrected chi connectivity index (χ2v) is 5.98. The summed E-state index contributed by atoms with van der Waals surface area (Å²) in [6.07, 6.45) is 3.02. The molecule has 0 aromatic carbocycles. The van der Waals surface area contributed by atoms with Crippen LogP contribution >= 0.6 is 0 Å². The molecule has 0 radical (unpaired) electrons. The highest BCUT2D eigenvalue weighted by atomic mass is 16.5. The van der Waals surface area contributed by atoms with Crippen molar-refractivity contribution in [3.8, 4) is 0 Å². The molecular weight excluding hydrogens is 248 g/mol. The monoisotopic (exact) mass is 270 g/mol. The van der Waals surface area contributed by atoms with Gasteiger partial charge in [0.15, 0.2) is 0 Å². The summed E-state index contributed by atoms with van der Waals surface area (Å²) in [5, 5.41) is 18.4. The van der Waals surface area contributed by atoms with Gasteiger partial charge in [-0.15, -0.1) is 0 Å². The second kappa shape index (κ2) is 6.19. The van der Waals surface area contributed by atoms with Crippen molar-refractivity contribution in [1.82, 2.24) is 0 Å². The summed E-state index contributed by atoms with van der Waals surface area (Å²) in [7, 11) is 0. The first kappa shape index (κ1) is 15.7. The molecule has 0 saturated heterocycles. The van der Waals surface area contributed by atoms with E-state index in [9.17, 15) is 14.7 Å². The molecule has 1 aliphatic carbocycles. The number of carboxylic acids is 1. The Morgan fingerprint density at radius 2 is 1.68 bits per heavy atom.